The Morgan fingerprint density at radius 2 is 2.12 bits per heavy atom. The Hall–Kier alpha value is -2.67. The van der Waals surface area contributed by atoms with Crippen LogP contribution >= 0.6 is 11.6 Å². The van der Waals surface area contributed by atoms with Gasteiger partial charge in [-0.15, -0.1) is 0 Å². The second-order valence-electron chi connectivity index (χ2n) is 5.91. The van der Waals surface area contributed by atoms with Gasteiger partial charge in [-0.2, -0.15) is 5.10 Å². The van der Waals surface area contributed by atoms with Crippen LogP contribution in [0.3, 0.4) is 0 Å². The molecule has 1 aromatic carbocycles. The summed E-state index contributed by atoms with van der Waals surface area (Å²) < 4.78 is 1.29. The minimum atomic E-state index is -0.240. The van der Waals surface area contributed by atoms with E-state index in [9.17, 15) is 4.79 Å². The van der Waals surface area contributed by atoms with E-state index in [1.165, 1.54) is 10.9 Å². The van der Waals surface area contributed by atoms with Gasteiger partial charge in [-0.05, 0) is 37.3 Å². The predicted octanol–water partition coefficient (Wildman–Crippen LogP) is 3.01. The van der Waals surface area contributed by atoms with Crippen LogP contribution in [0.1, 0.15) is 30.4 Å². The van der Waals surface area contributed by atoms with Crippen molar-refractivity contribution in [3.63, 3.8) is 0 Å². The number of rotatable bonds is 7. The molecule has 138 valence electrons. The van der Waals surface area contributed by atoms with Crippen LogP contribution in [-0.4, -0.2) is 28.9 Å². The molecule has 2 aromatic rings. The van der Waals surface area contributed by atoms with E-state index >= 15 is 0 Å². The first-order valence-electron chi connectivity index (χ1n) is 8.15. The number of hydrogen-bond donors (Lipinski definition) is 1. The smallest absolute Gasteiger partial charge is 0.271 e. The zero-order valence-corrected chi connectivity index (χ0v) is 15.6. The van der Waals surface area contributed by atoms with Gasteiger partial charge in [0.1, 0.15) is 6.61 Å². The highest BCUT2D eigenvalue weighted by Gasteiger charge is 2.10. The van der Waals surface area contributed by atoms with Crippen LogP contribution in [0.15, 0.2) is 45.4 Å². The average molecular weight is 376 g/mol. The first kappa shape index (κ1) is 19.7. The number of aromatic nitrogens is 2. The second-order valence-corrected chi connectivity index (χ2v) is 6.35. The summed E-state index contributed by atoms with van der Waals surface area (Å²) in [7, 11) is 0. The van der Waals surface area contributed by atoms with Crippen molar-refractivity contribution in [3.05, 3.63) is 57.0 Å². The molecule has 0 bridgehead atoms. The summed E-state index contributed by atoms with van der Waals surface area (Å²) in [6.07, 6.45) is 2.02. The largest absolute Gasteiger partial charge is 0.397 e. The third kappa shape index (κ3) is 5.16. The molecule has 0 aliphatic rings. The van der Waals surface area contributed by atoms with E-state index in [2.05, 4.69) is 28.9 Å². The molecule has 1 atom stereocenters. The SMILES string of the molecule is C=N/C(CC(C)c1ccc(Cl)cc1)=N\OCCn1ncc(N)c(C)c1=O. The zero-order chi connectivity index (χ0) is 19.1. The molecule has 7 nitrogen and oxygen atoms in total. The molecular formula is C18H22ClN5O2. The molecule has 1 heterocycles. The lowest BCUT2D eigenvalue weighted by molar-refractivity contribution is 0.130. The number of anilines is 1. The molecule has 0 radical (unpaired) electrons. The van der Waals surface area contributed by atoms with E-state index in [1.807, 2.05) is 24.3 Å². The average Bonchev–Trinajstić information content (AvgIpc) is 2.64. The molecule has 0 amide bonds. The molecule has 0 saturated heterocycles. The monoisotopic (exact) mass is 375 g/mol. The van der Waals surface area contributed by atoms with Gasteiger partial charge in [-0.25, -0.2) is 9.67 Å². The fraction of sp³-hybridized carbons (Fsp3) is 0.333. The first-order chi connectivity index (χ1) is 12.4. The summed E-state index contributed by atoms with van der Waals surface area (Å²) in [4.78, 5) is 21.2. The normalized spacial score (nSPS) is 12.7. The van der Waals surface area contributed by atoms with Gasteiger partial charge < -0.3 is 10.6 Å². The summed E-state index contributed by atoms with van der Waals surface area (Å²) >= 11 is 5.91. The number of benzene rings is 1. The molecule has 2 rings (SSSR count). The van der Waals surface area contributed by atoms with Crippen molar-refractivity contribution >= 4 is 29.8 Å². The summed E-state index contributed by atoms with van der Waals surface area (Å²) in [5.41, 5.74) is 7.37. The number of nitrogens with zero attached hydrogens (tertiary/aromatic N) is 4. The Morgan fingerprint density at radius 1 is 1.42 bits per heavy atom. The summed E-state index contributed by atoms with van der Waals surface area (Å²) in [5, 5.41) is 8.67. The maximum atomic E-state index is 12.0. The van der Waals surface area contributed by atoms with Crippen LogP contribution in [0.5, 0.6) is 0 Å². The van der Waals surface area contributed by atoms with Gasteiger partial charge in [0.2, 0.25) is 0 Å². The predicted molar refractivity (Wildman–Crippen MR) is 105 cm³/mol. The Balaban J connectivity index is 1.91. The van der Waals surface area contributed by atoms with Crippen molar-refractivity contribution in [2.45, 2.75) is 32.7 Å². The van der Waals surface area contributed by atoms with Crippen LogP contribution in [0.4, 0.5) is 5.69 Å². The molecule has 0 spiro atoms. The number of nitrogens with two attached hydrogens (primary N) is 1. The van der Waals surface area contributed by atoms with Crippen molar-refractivity contribution in [1.82, 2.24) is 9.78 Å². The van der Waals surface area contributed by atoms with E-state index in [1.54, 1.807) is 6.92 Å². The number of aliphatic imine (C=N–C) groups is 1. The topological polar surface area (TPSA) is 94.9 Å². The van der Waals surface area contributed by atoms with Crippen molar-refractivity contribution in [3.8, 4) is 0 Å². The minimum absolute atomic E-state index is 0.184. The molecule has 1 unspecified atom stereocenters. The van der Waals surface area contributed by atoms with Crippen molar-refractivity contribution in [2.75, 3.05) is 12.3 Å². The van der Waals surface area contributed by atoms with E-state index in [0.29, 0.717) is 28.5 Å². The lowest BCUT2D eigenvalue weighted by Gasteiger charge is -2.11. The summed E-state index contributed by atoms with van der Waals surface area (Å²) in [5.74, 6) is 0.672. The van der Waals surface area contributed by atoms with E-state index in [0.717, 1.165) is 5.56 Å². The van der Waals surface area contributed by atoms with Gasteiger partial charge in [0.25, 0.3) is 5.56 Å². The highest BCUT2D eigenvalue weighted by atomic mass is 35.5. The third-order valence-electron chi connectivity index (χ3n) is 4.00. The third-order valence-corrected chi connectivity index (χ3v) is 4.25. The van der Waals surface area contributed by atoms with Crippen LogP contribution in [-0.2, 0) is 11.4 Å². The van der Waals surface area contributed by atoms with Gasteiger partial charge in [0.05, 0.1) is 18.4 Å². The number of nitrogen functional groups attached to an aromatic ring is 1. The standard InChI is InChI=1S/C18H22ClN5O2/c1-12(14-4-6-15(19)7-5-14)10-17(21-3)23-26-9-8-24-18(25)13(2)16(20)11-22-24/h4-7,11-12H,3,8-10,20H2,1-2H3/b23-17-. The van der Waals surface area contributed by atoms with Crippen LogP contribution in [0, 0.1) is 6.92 Å². The Kier molecular flexibility index (Phi) is 6.91. The number of hydrogen-bond acceptors (Lipinski definition) is 5. The second kappa shape index (κ2) is 9.15. The van der Waals surface area contributed by atoms with Crippen LogP contribution in [0.2, 0.25) is 5.02 Å². The maximum absolute atomic E-state index is 12.0. The molecule has 0 aliphatic heterocycles. The molecule has 0 aliphatic carbocycles. The molecular weight excluding hydrogens is 354 g/mol. The minimum Gasteiger partial charge on any atom is -0.397 e. The molecule has 8 heteroatoms. The summed E-state index contributed by atoms with van der Waals surface area (Å²) in [6, 6.07) is 7.63. The number of oxime groups is 1. The first-order valence-corrected chi connectivity index (χ1v) is 8.53. The molecule has 0 fully saturated rings. The van der Waals surface area contributed by atoms with Crippen molar-refractivity contribution in [1.29, 1.82) is 0 Å². The molecule has 2 N–H and O–H groups in total. The van der Waals surface area contributed by atoms with Gasteiger partial charge in [-0.3, -0.25) is 4.79 Å². The Labute approximate surface area is 157 Å². The van der Waals surface area contributed by atoms with E-state index in [4.69, 9.17) is 22.2 Å². The lowest BCUT2D eigenvalue weighted by Crippen LogP contribution is -2.27. The maximum Gasteiger partial charge on any atom is 0.271 e. The van der Waals surface area contributed by atoms with Crippen LogP contribution in [0.25, 0.3) is 0 Å². The lowest BCUT2D eigenvalue weighted by atomic mass is 9.97. The van der Waals surface area contributed by atoms with E-state index in [-0.39, 0.29) is 24.6 Å². The van der Waals surface area contributed by atoms with Crippen molar-refractivity contribution in [2.24, 2.45) is 10.1 Å². The van der Waals surface area contributed by atoms with Gasteiger partial charge in [0, 0.05) is 17.0 Å². The van der Waals surface area contributed by atoms with Gasteiger partial charge >= 0.3 is 0 Å². The number of halogens is 1. The fourth-order valence-corrected chi connectivity index (χ4v) is 2.44. The zero-order valence-electron chi connectivity index (χ0n) is 14.9. The Morgan fingerprint density at radius 3 is 2.77 bits per heavy atom. The van der Waals surface area contributed by atoms with Gasteiger partial charge in [0.15, 0.2) is 5.84 Å². The summed E-state index contributed by atoms with van der Waals surface area (Å²) in [6.45, 7) is 7.70. The fourth-order valence-electron chi connectivity index (χ4n) is 2.32. The quantitative estimate of drug-likeness (QED) is 0.348. The van der Waals surface area contributed by atoms with Crippen molar-refractivity contribution < 1.29 is 4.84 Å². The number of amidine groups is 1. The Bertz CT molecular complexity index is 846. The van der Waals surface area contributed by atoms with E-state index < -0.39 is 0 Å². The highest BCUT2D eigenvalue weighted by molar-refractivity contribution is 6.30. The van der Waals surface area contributed by atoms with Gasteiger partial charge in [-0.1, -0.05) is 35.8 Å². The molecule has 26 heavy (non-hydrogen) atoms. The molecule has 0 saturated carbocycles. The van der Waals surface area contributed by atoms with Crippen LogP contribution < -0.4 is 11.3 Å². The highest BCUT2D eigenvalue weighted by Crippen LogP contribution is 2.21. The molecule has 1 aromatic heterocycles.